The number of fused-ring (bicyclic) bond motifs is 1. The first kappa shape index (κ1) is 12.2. The molecule has 0 aliphatic heterocycles. The van der Waals surface area contributed by atoms with Gasteiger partial charge in [0, 0.05) is 17.8 Å². The van der Waals surface area contributed by atoms with Crippen LogP contribution in [-0.4, -0.2) is 20.5 Å². The van der Waals surface area contributed by atoms with Gasteiger partial charge in [-0.05, 0) is 18.2 Å². The van der Waals surface area contributed by atoms with Gasteiger partial charge in [-0.2, -0.15) is 0 Å². The lowest BCUT2D eigenvalue weighted by Crippen LogP contribution is -1.89. The van der Waals surface area contributed by atoms with Crippen molar-refractivity contribution in [1.82, 2.24) is 9.38 Å². The fraction of sp³-hybridized carbons (Fsp3) is 0. The largest absolute Gasteiger partial charge is 0.478 e. The number of pyridine rings is 1. The molecule has 0 aliphatic carbocycles. The summed E-state index contributed by atoms with van der Waals surface area (Å²) in [6, 6.07) is 15.6. The summed E-state index contributed by atoms with van der Waals surface area (Å²) in [5, 5.41) is 8.75. The lowest BCUT2D eigenvalue weighted by molar-refractivity contribution is -0.131. The Morgan fingerprint density at radius 2 is 1.85 bits per heavy atom. The third-order valence-corrected chi connectivity index (χ3v) is 3.00. The maximum absolute atomic E-state index is 10.7. The summed E-state index contributed by atoms with van der Waals surface area (Å²) >= 11 is 0. The van der Waals surface area contributed by atoms with Crippen LogP contribution in [0.2, 0.25) is 0 Å². The molecular weight excluding hydrogens is 252 g/mol. The molecule has 4 heteroatoms. The van der Waals surface area contributed by atoms with Crippen LogP contribution in [0.1, 0.15) is 5.82 Å². The summed E-state index contributed by atoms with van der Waals surface area (Å²) in [7, 11) is 0. The van der Waals surface area contributed by atoms with E-state index >= 15 is 0 Å². The Kier molecular flexibility index (Phi) is 3.05. The lowest BCUT2D eigenvalue weighted by Gasteiger charge is -1.97. The molecule has 0 radical (unpaired) electrons. The molecule has 20 heavy (non-hydrogen) atoms. The standard InChI is InChI=1S/C16H12N2O2/c19-15(20)10-9-14-17-16(12-6-2-1-3-7-12)13-8-4-5-11-18(13)14/h1-11H,(H,19,20)/b10-9+. The minimum Gasteiger partial charge on any atom is -0.478 e. The van der Waals surface area contributed by atoms with E-state index in [-0.39, 0.29) is 0 Å². The Hall–Kier alpha value is -2.88. The van der Waals surface area contributed by atoms with Gasteiger partial charge < -0.3 is 5.11 Å². The number of hydrogen-bond donors (Lipinski definition) is 1. The van der Waals surface area contributed by atoms with E-state index in [1.807, 2.05) is 59.1 Å². The molecule has 0 bridgehead atoms. The number of aliphatic carboxylic acids is 1. The second-order valence-electron chi connectivity index (χ2n) is 4.31. The van der Waals surface area contributed by atoms with E-state index in [4.69, 9.17) is 5.11 Å². The Bertz CT molecular complexity index is 789. The predicted octanol–water partition coefficient (Wildman–Crippen LogP) is 3.10. The molecule has 0 unspecified atom stereocenters. The smallest absolute Gasteiger partial charge is 0.328 e. The van der Waals surface area contributed by atoms with Crippen molar-refractivity contribution in [1.29, 1.82) is 0 Å². The lowest BCUT2D eigenvalue weighted by atomic mass is 10.1. The van der Waals surface area contributed by atoms with Crippen molar-refractivity contribution in [3.8, 4) is 11.3 Å². The number of carbonyl (C=O) groups is 1. The van der Waals surface area contributed by atoms with Gasteiger partial charge in [0.15, 0.2) is 0 Å². The molecule has 0 fully saturated rings. The van der Waals surface area contributed by atoms with Crippen LogP contribution in [0.15, 0.2) is 60.8 Å². The van der Waals surface area contributed by atoms with E-state index in [9.17, 15) is 4.79 Å². The number of rotatable bonds is 3. The first-order chi connectivity index (χ1) is 9.75. The van der Waals surface area contributed by atoms with Gasteiger partial charge in [-0.1, -0.05) is 36.4 Å². The molecule has 0 saturated heterocycles. The number of aromatic nitrogens is 2. The van der Waals surface area contributed by atoms with Crippen LogP contribution in [-0.2, 0) is 4.79 Å². The van der Waals surface area contributed by atoms with E-state index in [1.54, 1.807) is 0 Å². The fourth-order valence-electron chi connectivity index (χ4n) is 2.13. The second kappa shape index (κ2) is 5.01. The van der Waals surface area contributed by atoms with Crippen molar-refractivity contribution in [2.45, 2.75) is 0 Å². The monoisotopic (exact) mass is 264 g/mol. The zero-order chi connectivity index (χ0) is 13.9. The summed E-state index contributed by atoms with van der Waals surface area (Å²) in [4.78, 5) is 15.2. The van der Waals surface area contributed by atoms with Gasteiger partial charge in [-0.25, -0.2) is 9.78 Å². The van der Waals surface area contributed by atoms with Crippen LogP contribution < -0.4 is 0 Å². The number of hydrogen-bond acceptors (Lipinski definition) is 2. The van der Waals surface area contributed by atoms with E-state index in [2.05, 4.69) is 4.98 Å². The van der Waals surface area contributed by atoms with Gasteiger partial charge >= 0.3 is 5.97 Å². The van der Waals surface area contributed by atoms with Crippen LogP contribution in [0.25, 0.3) is 22.9 Å². The summed E-state index contributed by atoms with van der Waals surface area (Å²) in [6.07, 6.45) is 4.47. The Balaban J connectivity index is 2.21. The van der Waals surface area contributed by atoms with Gasteiger partial charge in [0.1, 0.15) is 5.82 Å². The number of carboxylic acid groups (broad SMARTS) is 1. The predicted molar refractivity (Wildman–Crippen MR) is 77.3 cm³/mol. The highest BCUT2D eigenvalue weighted by Gasteiger charge is 2.10. The quantitative estimate of drug-likeness (QED) is 0.739. The highest BCUT2D eigenvalue weighted by Crippen LogP contribution is 2.25. The van der Waals surface area contributed by atoms with Crippen LogP contribution in [0.4, 0.5) is 0 Å². The average molecular weight is 264 g/mol. The minimum atomic E-state index is -0.987. The Morgan fingerprint density at radius 3 is 2.60 bits per heavy atom. The zero-order valence-electron chi connectivity index (χ0n) is 10.6. The third kappa shape index (κ3) is 2.19. The molecule has 2 heterocycles. The Morgan fingerprint density at radius 1 is 1.10 bits per heavy atom. The van der Waals surface area contributed by atoms with Crippen molar-refractivity contribution >= 4 is 17.6 Å². The fourth-order valence-corrected chi connectivity index (χ4v) is 2.13. The van der Waals surface area contributed by atoms with Crippen molar-refractivity contribution < 1.29 is 9.90 Å². The van der Waals surface area contributed by atoms with Crippen LogP contribution in [0.3, 0.4) is 0 Å². The highest BCUT2D eigenvalue weighted by atomic mass is 16.4. The summed E-state index contributed by atoms with van der Waals surface area (Å²) in [6.45, 7) is 0. The molecule has 2 aromatic heterocycles. The normalized spacial score (nSPS) is 11.2. The topological polar surface area (TPSA) is 54.6 Å². The molecule has 0 atom stereocenters. The summed E-state index contributed by atoms with van der Waals surface area (Å²) in [5.74, 6) is -0.388. The van der Waals surface area contributed by atoms with Crippen LogP contribution in [0.5, 0.6) is 0 Å². The molecular formula is C16H12N2O2. The third-order valence-electron chi connectivity index (χ3n) is 3.00. The molecule has 4 nitrogen and oxygen atoms in total. The molecule has 0 spiro atoms. The van der Waals surface area contributed by atoms with Crippen molar-refractivity contribution in [3.63, 3.8) is 0 Å². The molecule has 3 rings (SSSR count). The summed E-state index contributed by atoms with van der Waals surface area (Å²) < 4.78 is 1.88. The van der Waals surface area contributed by atoms with Crippen molar-refractivity contribution in [2.75, 3.05) is 0 Å². The maximum atomic E-state index is 10.7. The molecule has 0 saturated carbocycles. The van der Waals surface area contributed by atoms with Crippen molar-refractivity contribution in [3.05, 3.63) is 66.6 Å². The maximum Gasteiger partial charge on any atom is 0.328 e. The molecule has 1 N–H and O–H groups in total. The van der Waals surface area contributed by atoms with Gasteiger partial charge in [-0.15, -0.1) is 0 Å². The van der Waals surface area contributed by atoms with Crippen LogP contribution >= 0.6 is 0 Å². The number of imidazole rings is 1. The molecule has 3 aromatic rings. The van der Waals surface area contributed by atoms with Crippen molar-refractivity contribution in [2.24, 2.45) is 0 Å². The number of benzene rings is 1. The number of carboxylic acids is 1. The van der Waals surface area contributed by atoms with E-state index in [0.29, 0.717) is 5.82 Å². The van der Waals surface area contributed by atoms with Gasteiger partial charge in [0.25, 0.3) is 0 Å². The molecule has 0 aliphatic rings. The first-order valence-electron chi connectivity index (χ1n) is 6.19. The second-order valence-corrected chi connectivity index (χ2v) is 4.31. The molecule has 0 amide bonds. The average Bonchev–Trinajstić information content (AvgIpc) is 2.85. The zero-order valence-corrected chi connectivity index (χ0v) is 10.6. The molecule has 98 valence electrons. The highest BCUT2D eigenvalue weighted by molar-refractivity contribution is 5.86. The van der Waals surface area contributed by atoms with Gasteiger partial charge in [0.05, 0.1) is 11.2 Å². The van der Waals surface area contributed by atoms with Gasteiger partial charge in [-0.3, -0.25) is 4.40 Å². The van der Waals surface area contributed by atoms with Gasteiger partial charge in [0.2, 0.25) is 0 Å². The minimum absolute atomic E-state index is 0.599. The number of nitrogens with zero attached hydrogens (tertiary/aromatic N) is 2. The Labute approximate surface area is 115 Å². The summed E-state index contributed by atoms with van der Waals surface area (Å²) in [5.41, 5.74) is 2.80. The SMILES string of the molecule is O=C(O)/C=C/c1nc(-c2ccccc2)c2ccccn12. The molecule has 1 aromatic carbocycles. The van der Waals surface area contributed by atoms with E-state index in [1.165, 1.54) is 6.08 Å². The first-order valence-corrected chi connectivity index (χ1v) is 6.19. The van der Waals surface area contributed by atoms with E-state index in [0.717, 1.165) is 22.9 Å². The van der Waals surface area contributed by atoms with E-state index < -0.39 is 5.97 Å². The van der Waals surface area contributed by atoms with Crippen LogP contribution in [0, 0.1) is 0 Å².